The summed E-state index contributed by atoms with van der Waals surface area (Å²) in [5.41, 5.74) is 0.716. The average Bonchev–Trinajstić information content (AvgIpc) is 3.05. The van der Waals surface area contributed by atoms with Crippen molar-refractivity contribution in [3.8, 4) is 0 Å². The molecule has 2 rings (SSSR count). The second-order valence-corrected chi connectivity index (χ2v) is 5.84. The third-order valence-electron chi connectivity index (χ3n) is 3.02. The van der Waals surface area contributed by atoms with Crippen LogP contribution in [0, 0.1) is 0 Å². The molecule has 0 aliphatic heterocycles. The van der Waals surface area contributed by atoms with E-state index in [4.69, 9.17) is 11.6 Å². The first-order valence-corrected chi connectivity index (χ1v) is 8.10. The first kappa shape index (κ1) is 16.5. The number of amides is 2. The van der Waals surface area contributed by atoms with Gasteiger partial charge in [-0.15, -0.1) is 22.9 Å². The molecule has 116 valence electrons. The van der Waals surface area contributed by atoms with E-state index in [2.05, 4.69) is 10.3 Å². The molecule has 1 N–H and O–H groups in total. The number of carbonyl (C=O) groups is 2. The van der Waals surface area contributed by atoms with Crippen LogP contribution >= 0.6 is 22.9 Å². The molecule has 0 spiro atoms. The quantitative estimate of drug-likeness (QED) is 0.824. The van der Waals surface area contributed by atoms with Gasteiger partial charge in [-0.1, -0.05) is 30.3 Å². The normalized spacial score (nSPS) is 11.7. The van der Waals surface area contributed by atoms with E-state index in [0.29, 0.717) is 17.2 Å². The Morgan fingerprint density at radius 3 is 2.68 bits per heavy atom. The number of alkyl halides is 1. The average molecular weight is 338 g/mol. The number of hydrogen-bond donors (Lipinski definition) is 1. The van der Waals surface area contributed by atoms with Crippen molar-refractivity contribution >= 4 is 39.9 Å². The Morgan fingerprint density at radius 2 is 2.09 bits per heavy atom. The number of likely N-dealkylation sites (N-methyl/N-ethyl adjacent to an activating group) is 1. The van der Waals surface area contributed by atoms with Crippen LogP contribution in [0.15, 0.2) is 41.9 Å². The lowest BCUT2D eigenvalue weighted by atomic mass is 10.1. The van der Waals surface area contributed by atoms with Gasteiger partial charge in [0.15, 0.2) is 5.13 Å². The second kappa shape index (κ2) is 7.91. The molecule has 0 bridgehead atoms. The van der Waals surface area contributed by atoms with Crippen LogP contribution in [0.3, 0.4) is 0 Å². The van der Waals surface area contributed by atoms with Gasteiger partial charge in [0, 0.05) is 18.1 Å². The number of rotatable bonds is 6. The molecule has 2 aromatic rings. The minimum atomic E-state index is -0.797. The van der Waals surface area contributed by atoms with Gasteiger partial charge in [0.1, 0.15) is 5.38 Å². The second-order valence-electron chi connectivity index (χ2n) is 4.51. The zero-order valence-corrected chi connectivity index (χ0v) is 13.6. The summed E-state index contributed by atoms with van der Waals surface area (Å²) in [6.45, 7) is 2.16. The highest BCUT2D eigenvalue weighted by Gasteiger charge is 2.24. The Labute approximate surface area is 137 Å². The van der Waals surface area contributed by atoms with E-state index in [1.807, 2.05) is 25.1 Å². The predicted molar refractivity (Wildman–Crippen MR) is 88.0 cm³/mol. The SMILES string of the molecule is CCN(CC(=O)Nc1nccs1)C(=O)C(Cl)c1ccccc1. The number of nitrogens with zero attached hydrogens (tertiary/aromatic N) is 2. The third-order valence-corrected chi connectivity index (χ3v) is 4.14. The van der Waals surface area contributed by atoms with Crippen LogP contribution < -0.4 is 5.32 Å². The van der Waals surface area contributed by atoms with Crippen molar-refractivity contribution in [3.05, 3.63) is 47.5 Å². The maximum absolute atomic E-state index is 12.4. The largest absolute Gasteiger partial charge is 0.332 e. The number of hydrogen-bond acceptors (Lipinski definition) is 4. The summed E-state index contributed by atoms with van der Waals surface area (Å²) >= 11 is 7.55. The Bertz CT molecular complexity index is 619. The van der Waals surface area contributed by atoms with Crippen LogP contribution in [-0.2, 0) is 9.59 Å². The number of halogens is 1. The highest BCUT2D eigenvalue weighted by atomic mass is 35.5. The first-order valence-electron chi connectivity index (χ1n) is 6.79. The van der Waals surface area contributed by atoms with E-state index in [1.54, 1.807) is 23.7 Å². The fourth-order valence-electron chi connectivity index (χ4n) is 1.89. The molecule has 1 aromatic heterocycles. The number of thiazole rings is 1. The Kier molecular flexibility index (Phi) is 5.91. The summed E-state index contributed by atoms with van der Waals surface area (Å²) in [6.07, 6.45) is 1.60. The molecule has 2 amide bonds. The number of anilines is 1. The van der Waals surface area contributed by atoms with Crippen molar-refractivity contribution in [3.63, 3.8) is 0 Å². The van der Waals surface area contributed by atoms with Gasteiger partial charge in [-0.05, 0) is 12.5 Å². The van der Waals surface area contributed by atoms with Crippen molar-refractivity contribution in [2.24, 2.45) is 0 Å². The Hall–Kier alpha value is -1.92. The van der Waals surface area contributed by atoms with E-state index in [0.717, 1.165) is 0 Å². The standard InChI is InChI=1S/C15H16ClN3O2S/c1-2-19(10-12(20)18-15-17-8-9-22-15)14(21)13(16)11-6-4-3-5-7-11/h3-9,13H,2,10H2,1H3,(H,17,18,20). The van der Waals surface area contributed by atoms with Gasteiger partial charge < -0.3 is 10.2 Å². The zero-order chi connectivity index (χ0) is 15.9. The molecule has 1 atom stereocenters. The Morgan fingerprint density at radius 1 is 1.36 bits per heavy atom. The van der Waals surface area contributed by atoms with Crippen molar-refractivity contribution in [1.29, 1.82) is 0 Å². The van der Waals surface area contributed by atoms with Crippen molar-refractivity contribution in [1.82, 2.24) is 9.88 Å². The van der Waals surface area contributed by atoms with Crippen LogP contribution in [0.2, 0.25) is 0 Å². The van der Waals surface area contributed by atoms with Gasteiger partial charge >= 0.3 is 0 Å². The monoisotopic (exact) mass is 337 g/mol. The van der Waals surface area contributed by atoms with Crippen molar-refractivity contribution < 1.29 is 9.59 Å². The molecule has 7 heteroatoms. The molecular formula is C15H16ClN3O2S. The van der Waals surface area contributed by atoms with Gasteiger partial charge in [-0.3, -0.25) is 9.59 Å². The fourth-order valence-corrected chi connectivity index (χ4v) is 2.72. The molecule has 1 heterocycles. The van der Waals surface area contributed by atoms with Crippen molar-refractivity contribution in [2.75, 3.05) is 18.4 Å². The smallest absolute Gasteiger partial charge is 0.245 e. The van der Waals surface area contributed by atoms with Crippen LogP contribution in [0.25, 0.3) is 0 Å². The van der Waals surface area contributed by atoms with E-state index in [-0.39, 0.29) is 18.4 Å². The van der Waals surface area contributed by atoms with E-state index >= 15 is 0 Å². The molecule has 22 heavy (non-hydrogen) atoms. The molecule has 0 aliphatic carbocycles. The summed E-state index contributed by atoms with van der Waals surface area (Å²) in [5.74, 6) is -0.577. The molecule has 0 saturated heterocycles. The van der Waals surface area contributed by atoms with Gasteiger partial charge in [-0.2, -0.15) is 0 Å². The minimum Gasteiger partial charge on any atom is -0.332 e. The fraction of sp³-hybridized carbons (Fsp3) is 0.267. The van der Waals surface area contributed by atoms with Crippen LogP contribution in [0.1, 0.15) is 17.9 Å². The lowest BCUT2D eigenvalue weighted by Crippen LogP contribution is -2.39. The van der Waals surface area contributed by atoms with E-state index in [9.17, 15) is 9.59 Å². The molecular weight excluding hydrogens is 322 g/mol. The Balaban J connectivity index is 1.98. The highest BCUT2D eigenvalue weighted by molar-refractivity contribution is 7.13. The third kappa shape index (κ3) is 4.29. The number of carbonyl (C=O) groups excluding carboxylic acids is 2. The van der Waals surface area contributed by atoms with Crippen LogP contribution in [0.5, 0.6) is 0 Å². The van der Waals surface area contributed by atoms with E-state index in [1.165, 1.54) is 16.2 Å². The van der Waals surface area contributed by atoms with Crippen LogP contribution in [-0.4, -0.2) is 34.8 Å². The summed E-state index contributed by atoms with van der Waals surface area (Å²) < 4.78 is 0. The minimum absolute atomic E-state index is 0.0506. The lowest BCUT2D eigenvalue weighted by molar-refractivity contribution is -0.134. The molecule has 0 aliphatic rings. The van der Waals surface area contributed by atoms with E-state index < -0.39 is 5.38 Å². The summed E-state index contributed by atoms with van der Waals surface area (Å²) in [7, 11) is 0. The molecule has 5 nitrogen and oxygen atoms in total. The molecule has 1 unspecified atom stereocenters. The maximum atomic E-state index is 12.4. The maximum Gasteiger partial charge on any atom is 0.245 e. The van der Waals surface area contributed by atoms with Crippen molar-refractivity contribution in [2.45, 2.75) is 12.3 Å². The van der Waals surface area contributed by atoms with Gasteiger partial charge in [-0.25, -0.2) is 4.98 Å². The van der Waals surface area contributed by atoms with Gasteiger partial charge in [0.05, 0.1) is 6.54 Å². The van der Waals surface area contributed by atoms with Gasteiger partial charge in [0.2, 0.25) is 11.8 Å². The number of nitrogens with one attached hydrogen (secondary N) is 1. The van der Waals surface area contributed by atoms with Crippen LogP contribution in [0.4, 0.5) is 5.13 Å². The number of aromatic nitrogens is 1. The zero-order valence-electron chi connectivity index (χ0n) is 12.0. The lowest BCUT2D eigenvalue weighted by Gasteiger charge is -2.22. The molecule has 0 saturated carbocycles. The summed E-state index contributed by atoms with van der Waals surface area (Å²) in [5, 5.41) is 4.13. The summed E-state index contributed by atoms with van der Waals surface area (Å²) in [6, 6.07) is 9.08. The first-order chi connectivity index (χ1) is 10.6. The molecule has 0 radical (unpaired) electrons. The topological polar surface area (TPSA) is 62.3 Å². The highest BCUT2D eigenvalue weighted by Crippen LogP contribution is 2.22. The molecule has 0 fully saturated rings. The van der Waals surface area contributed by atoms with Gasteiger partial charge in [0.25, 0.3) is 0 Å². The summed E-state index contributed by atoms with van der Waals surface area (Å²) in [4.78, 5) is 29.8. The molecule has 1 aromatic carbocycles. The predicted octanol–water partition coefficient (Wildman–Crippen LogP) is 2.91. The number of benzene rings is 1.